The van der Waals surface area contributed by atoms with Gasteiger partial charge >= 0.3 is 5.97 Å². The molecule has 6 nitrogen and oxygen atoms in total. The number of piperidine rings is 1. The number of aromatic nitrogens is 1. The van der Waals surface area contributed by atoms with E-state index in [1.807, 2.05) is 6.20 Å². The summed E-state index contributed by atoms with van der Waals surface area (Å²) in [7, 11) is 2.18. The fourth-order valence-corrected chi connectivity index (χ4v) is 4.92. The van der Waals surface area contributed by atoms with Crippen LogP contribution in [-0.4, -0.2) is 83.1 Å². The summed E-state index contributed by atoms with van der Waals surface area (Å²) < 4.78 is 0. The summed E-state index contributed by atoms with van der Waals surface area (Å²) >= 11 is 0. The van der Waals surface area contributed by atoms with Gasteiger partial charge in [-0.05, 0) is 61.5 Å². The van der Waals surface area contributed by atoms with Crippen LogP contribution in [0.2, 0.25) is 0 Å². The molecule has 0 spiro atoms. The molecule has 4 rings (SSSR count). The Labute approximate surface area is 167 Å². The zero-order valence-electron chi connectivity index (χ0n) is 16.8. The van der Waals surface area contributed by atoms with Crippen molar-refractivity contribution in [3.63, 3.8) is 0 Å². The van der Waals surface area contributed by atoms with Gasteiger partial charge in [-0.1, -0.05) is 6.07 Å². The lowest BCUT2D eigenvalue weighted by atomic mass is 9.86. The van der Waals surface area contributed by atoms with Crippen molar-refractivity contribution in [2.75, 3.05) is 46.3 Å². The average Bonchev–Trinajstić information content (AvgIpc) is 3.15. The molecule has 3 heterocycles. The van der Waals surface area contributed by atoms with E-state index in [0.717, 1.165) is 58.7 Å². The molecule has 0 saturated carbocycles. The van der Waals surface area contributed by atoms with Crippen LogP contribution in [0.3, 0.4) is 0 Å². The Morgan fingerprint density at radius 3 is 2.79 bits per heavy atom. The Hall–Kier alpha value is -1.89. The average molecular weight is 385 g/mol. The second kappa shape index (κ2) is 8.64. The molecule has 1 aromatic carbocycles. The predicted octanol–water partition coefficient (Wildman–Crippen LogP) is 2.47. The van der Waals surface area contributed by atoms with E-state index >= 15 is 0 Å². The maximum absolute atomic E-state index is 11.2. The van der Waals surface area contributed by atoms with E-state index in [1.165, 1.54) is 16.5 Å². The number of likely N-dealkylation sites (tertiary alicyclic amines) is 1. The highest BCUT2D eigenvalue weighted by atomic mass is 16.4. The minimum Gasteiger partial charge on any atom is -0.481 e. The van der Waals surface area contributed by atoms with E-state index in [2.05, 4.69) is 51.0 Å². The highest BCUT2D eigenvalue weighted by Crippen LogP contribution is 2.28. The molecular weight excluding hydrogens is 352 g/mol. The fraction of sp³-hybridized carbons (Fsp3) is 0.591. The number of carboxylic acids is 1. The van der Waals surface area contributed by atoms with Crippen molar-refractivity contribution in [3.8, 4) is 0 Å². The molecule has 0 bridgehead atoms. The number of aliphatic carboxylic acids is 1. The van der Waals surface area contributed by atoms with Crippen molar-refractivity contribution >= 4 is 16.9 Å². The molecule has 2 fully saturated rings. The Balaban J connectivity index is 1.42. The lowest BCUT2D eigenvalue weighted by Gasteiger charge is -2.46. The van der Waals surface area contributed by atoms with Crippen molar-refractivity contribution in [2.45, 2.75) is 31.8 Å². The van der Waals surface area contributed by atoms with E-state index in [9.17, 15) is 9.90 Å². The van der Waals surface area contributed by atoms with Crippen molar-refractivity contribution in [2.24, 2.45) is 5.92 Å². The first-order valence-corrected chi connectivity index (χ1v) is 10.5. The van der Waals surface area contributed by atoms with E-state index in [0.29, 0.717) is 12.0 Å². The molecule has 1 aromatic heterocycles. The minimum absolute atomic E-state index is 0.276. The number of nitrogens with one attached hydrogen (secondary N) is 1. The summed E-state index contributed by atoms with van der Waals surface area (Å²) in [5.41, 5.74) is 2.51. The first-order chi connectivity index (χ1) is 13.6. The maximum atomic E-state index is 11.2. The van der Waals surface area contributed by atoms with Crippen molar-refractivity contribution in [3.05, 3.63) is 36.0 Å². The molecule has 6 heteroatoms. The number of H-pyrrole nitrogens is 1. The van der Waals surface area contributed by atoms with Gasteiger partial charge in [0.05, 0.1) is 0 Å². The molecule has 152 valence electrons. The lowest BCUT2D eigenvalue weighted by molar-refractivity contribution is -0.137. The minimum atomic E-state index is -0.674. The van der Waals surface area contributed by atoms with Gasteiger partial charge in [0.1, 0.15) is 0 Å². The second-order valence-corrected chi connectivity index (χ2v) is 8.52. The van der Waals surface area contributed by atoms with Gasteiger partial charge in [-0.3, -0.25) is 14.6 Å². The standard InChI is InChI=1S/C22H32N4O2/c1-24-10-12-26(13-11-24)21-7-9-25(16-19(21)3-5-22(27)28)15-17-2-4-20-18(14-17)6-8-23-20/h2,4,6,8,14,19,21,23H,3,5,7,9-13,15-16H2,1H3,(H,27,28)/t19-,21+/m1/s1. The van der Waals surface area contributed by atoms with Crippen LogP contribution in [0.25, 0.3) is 10.9 Å². The Morgan fingerprint density at radius 1 is 1.18 bits per heavy atom. The Kier molecular flexibility index (Phi) is 5.99. The molecule has 2 atom stereocenters. The summed E-state index contributed by atoms with van der Waals surface area (Å²) in [6.07, 6.45) is 4.18. The number of likely N-dealkylation sites (N-methyl/N-ethyl adjacent to an activating group) is 1. The number of carboxylic acid groups (broad SMARTS) is 1. The zero-order chi connectivity index (χ0) is 19.5. The summed E-state index contributed by atoms with van der Waals surface area (Å²) in [5.74, 6) is -0.239. The SMILES string of the molecule is CN1CCN([C@H]2CCN(Cc3ccc4[nH]ccc4c3)C[C@H]2CCC(=O)O)CC1. The molecule has 28 heavy (non-hydrogen) atoms. The van der Waals surface area contributed by atoms with Gasteiger partial charge in [-0.2, -0.15) is 0 Å². The van der Waals surface area contributed by atoms with Gasteiger partial charge in [0.2, 0.25) is 0 Å². The quantitative estimate of drug-likeness (QED) is 0.801. The van der Waals surface area contributed by atoms with Crippen LogP contribution in [0, 0.1) is 5.92 Å². The number of fused-ring (bicyclic) bond motifs is 1. The van der Waals surface area contributed by atoms with Crippen LogP contribution in [-0.2, 0) is 11.3 Å². The number of nitrogens with zero attached hydrogens (tertiary/aromatic N) is 3. The smallest absolute Gasteiger partial charge is 0.303 e. The molecule has 0 aliphatic carbocycles. The number of piperazine rings is 1. The van der Waals surface area contributed by atoms with Gasteiger partial charge in [0.25, 0.3) is 0 Å². The number of carbonyl (C=O) groups is 1. The van der Waals surface area contributed by atoms with Crippen LogP contribution in [0.15, 0.2) is 30.5 Å². The monoisotopic (exact) mass is 384 g/mol. The van der Waals surface area contributed by atoms with Crippen molar-refractivity contribution in [1.82, 2.24) is 19.7 Å². The molecule has 2 N–H and O–H groups in total. The van der Waals surface area contributed by atoms with Crippen LogP contribution in [0.4, 0.5) is 0 Å². The number of aromatic amines is 1. The molecule has 0 radical (unpaired) electrons. The first-order valence-electron chi connectivity index (χ1n) is 10.5. The highest BCUT2D eigenvalue weighted by molar-refractivity contribution is 5.79. The third-order valence-electron chi connectivity index (χ3n) is 6.54. The van der Waals surface area contributed by atoms with Crippen LogP contribution < -0.4 is 0 Å². The van der Waals surface area contributed by atoms with E-state index in [4.69, 9.17) is 0 Å². The zero-order valence-corrected chi connectivity index (χ0v) is 16.8. The number of benzene rings is 1. The van der Waals surface area contributed by atoms with E-state index < -0.39 is 5.97 Å². The molecule has 0 amide bonds. The van der Waals surface area contributed by atoms with Gasteiger partial charge in [-0.25, -0.2) is 0 Å². The number of rotatable bonds is 6. The number of hydrogen-bond donors (Lipinski definition) is 2. The third kappa shape index (κ3) is 4.57. The molecule has 2 saturated heterocycles. The summed E-state index contributed by atoms with van der Waals surface area (Å²) in [6.45, 7) is 7.47. The molecule has 2 aliphatic heterocycles. The fourth-order valence-electron chi connectivity index (χ4n) is 4.92. The largest absolute Gasteiger partial charge is 0.481 e. The van der Waals surface area contributed by atoms with E-state index in [1.54, 1.807) is 0 Å². The van der Waals surface area contributed by atoms with Crippen molar-refractivity contribution in [1.29, 1.82) is 0 Å². The second-order valence-electron chi connectivity index (χ2n) is 8.52. The highest BCUT2D eigenvalue weighted by Gasteiger charge is 2.34. The lowest BCUT2D eigenvalue weighted by Crippen LogP contribution is -2.56. The Morgan fingerprint density at radius 2 is 2.00 bits per heavy atom. The summed E-state index contributed by atoms with van der Waals surface area (Å²) in [6, 6.07) is 9.27. The first kappa shape index (κ1) is 19.4. The molecule has 0 unspecified atom stereocenters. The number of hydrogen-bond acceptors (Lipinski definition) is 4. The van der Waals surface area contributed by atoms with Gasteiger partial charge in [0.15, 0.2) is 0 Å². The van der Waals surface area contributed by atoms with Crippen LogP contribution >= 0.6 is 0 Å². The maximum Gasteiger partial charge on any atom is 0.303 e. The topological polar surface area (TPSA) is 62.8 Å². The Bertz CT molecular complexity index is 797. The predicted molar refractivity (Wildman–Crippen MR) is 111 cm³/mol. The summed E-state index contributed by atoms with van der Waals surface area (Å²) in [5, 5.41) is 10.5. The third-order valence-corrected chi connectivity index (χ3v) is 6.54. The van der Waals surface area contributed by atoms with Crippen LogP contribution in [0.1, 0.15) is 24.8 Å². The van der Waals surface area contributed by atoms with Gasteiger partial charge < -0.3 is 15.0 Å². The molecular formula is C22H32N4O2. The molecule has 2 aliphatic rings. The van der Waals surface area contributed by atoms with Crippen molar-refractivity contribution < 1.29 is 9.90 Å². The normalized spacial score (nSPS) is 25.3. The van der Waals surface area contributed by atoms with E-state index in [-0.39, 0.29) is 6.42 Å². The van der Waals surface area contributed by atoms with Gasteiger partial charge in [-0.15, -0.1) is 0 Å². The van der Waals surface area contributed by atoms with Gasteiger partial charge in [0, 0.05) is 63.4 Å². The summed E-state index contributed by atoms with van der Waals surface area (Å²) in [4.78, 5) is 22.0. The molecule has 2 aromatic rings. The van der Waals surface area contributed by atoms with Crippen LogP contribution in [0.5, 0.6) is 0 Å².